The van der Waals surface area contributed by atoms with Crippen LogP contribution in [0.4, 0.5) is 5.69 Å². The molecule has 1 aliphatic heterocycles. The first-order chi connectivity index (χ1) is 13.5. The van der Waals surface area contributed by atoms with Gasteiger partial charge in [-0.3, -0.25) is 19.8 Å². The molecule has 2 aliphatic rings. The van der Waals surface area contributed by atoms with Gasteiger partial charge in [-0.1, -0.05) is 31.4 Å². The summed E-state index contributed by atoms with van der Waals surface area (Å²) in [6.07, 6.45) is 7.23. The summed E-state index contributed by atoms with van der Waals surface area (Å²) in [5.41, 5.74) is 2.11. The molecule has 1 aromatic carbocycles. The van der Waals surface area contributed by atoms with Crippen LogP contribution in [0, 0.1) is 10.1 Å². The number of carbonyl (C=O) groups is 1. The Bertz CT molecular complexity index is 977. The van der Waals surface area contributed by atoms with E-state index in [9.17, 15) is 14.9 Å². The van der Waals surface area contributed by atoms with Gasteiger partial charge in [-0.05, 0) is 53.7 Å². The Labute approximate surface area is 172 Å². The molecule has 1 amide bonds. The minimum Gasteiger partial charge on any atom is -0.328 e. The summed E-state index contributed by atoms with van der Waals surface area (Å²) in [5.74, 6) is -0.0877. The minimum absolute atomic E-state index is 0.0435. The summed E-state index contributed by atoms with van der Waals surface area (Å²) in [7, 11) is 0. The number of amides is 1. The Hall–Kier alpha value is -2.58. The summed E-state index contributed by atoms with van der Waals surface area (Å²) in [4.78, 5) is 26.2. The fraction of sp³-hybridized carbons (Fsp3) is 0.300. The fourth-order valence-corrected chi connectivity index (χ4v) is 5.00. The van der Waals surface area contributed by atoms with Crippen molar-refractivity contribution in [3.8, 4) is 11.1 Å². The summed E-state index contributed by atoms with van der Waals surface area (Å²) in [5, 5.41) is 16.5. The number of thiophene rings is 1. The molecule has 2 heterocycles. The molecule has 1 aromatic heterocycles. The number of rotatable bonds is 4. The fourth-order valence-electron chi connectivity index (χ4n) is 3.81. The summed E-state index contributed by atoms with van der Waals surface area (Å²) in [6, 6.07) is 8.60. The maximum Gasteiger partial charge on any atom is 0.276 e. The average molecular weight is 414 g/mol. The third-order valence-corrected chi connectivity index (χ3v) is 6.35. The van der Waals surface area contributed by atoms with Crippen LogP contribution in [-0.4, -0.2) is 26.9 Å². The molecule has 2 aromatic rings. The van der Waals surface area contributed by atoms with Crippen LogP contribution in [0.5, 0.6) is 0 Å². The lowest BCUT2D eigenvalue weighted by atomic mass is 9.94. The number of nitrogens with one attached hydrogen (secondary N) is 1. The van der Waals surface area contributed by atoms with E-state index in [1.807, 2.05) is 17.5 Å². The van der Waals surface area contributed by atoms with Gasteiger partial charge < -0.3 is 5.32 Å². The number of non-ortho nitro benzene ring substituents is 1. The minimum atomic E-state index is -0.406. The molecule has 28 heavy (non-hydrogen) atoms. The van der Waals surface area contributed by atoms with Gasteiger partial charge in [0.25, 0.3) is 11.6 Å². The molecular formula is C20H19N3O3S2. The zero-order valence-corrected chi connectivity index (χ0v) is 16.7. The van der Waals surface area contributed by atoms with Gasteiger partial charge in [0.15, 0.2) is 5.11 Å². The molecule has 1 N–H and O–H groups in total. The molecule has 1 aliphatic carbocycles. The Morgan fingerprint density at radius 2 is 2.04 bits per heavy atom. The van der Waals surface area contributed by atoms with Gasteiger partial charge in [0, 0.05) is 23.1 Å². The predicted octanol–water partition coefficient (Wildman–Crippen LogP) is 4.71. The number of nitro groups is 1. The van der Waals surface area contributed by atoms with Gasteiger partial charge in [0.05, 0.1) is 4.92 Å². The van der Waals surface area contributed by atoms with Gasteiger partial charge in [-0.2, -0.15) is 0 Å². The molecule has 0 spiro atoms. The SMILES string of the molecule is O=C1C(=Cc2sccc2-c2cccc([N+](=O)[O-])c2)NC(=S)N1C1CCCCC1. The number of hydrogen-bond donors (Lipinski definition) is 1. The van der Waals surface area contributed by atoms with Crippen molar-refractivity contribution in [2.45, 2.75) is 38.1 Å². The van der Waals surface area contributed by atoms with Crippen molar-refractivity contribution in [1.29, 1.82) is 0 Å². The average Bonchev–Trinajstić information content (AvgIpc) is 3.27. The maximum atomic E-state index is 13.0. The van der Waals surface area contributed by atoms with Gasteiger partial charge in [-0.25, -0.2) is 0 Å². The molecule has 1 saturated carbocycles. The highest BCUT2D eigenvalue weighted by atomic mass is 32.1. The Morgan fingerprint density at radius 1 is 1.25 bits per heavy atom. The Morgan fingerprint density at radius 3 is 2.79 bits per heavy atom. The van der Waals surface area contributed by atoms with Crippen molar-refractivity contribution >= 4 is 46.3 Å². The van der Waals surface area contributed by atoms with Crippen LogP contribution in [0.2, 0.25) is 0 Å². The zero-order chi connectivity index (χ0) is 19.7. The van der Waals surface area contributed by atoms with Crippen LogP contribution in [-0.2, 0) is 4.79 Å². The predicted molar refractivity (Wildman–Crippen MR) is 114 cm³/mol. The van der Waals surface area contributed by atoms with Crippen molar-refractivity contribution in [3.05, 3.63) is 56.4 Å². The number of hydrogen-bond acceptors (Lipinski definition) is 5. The van der Waals surface area contributed by atoms with E-state index in [0.29, 0.717) is 10.8 Å². The molecule has 144 valence electrons. The van der Waals surface area contributed by atoms with Gasteiger partial charge in [0.1, 0.15) is 5.70 Å². The summed E-state index contributed by atoms with van der Waals surface area (Å²) < 4.78 is 0. The number of carbonyl (C=O) groups excluding carboxylic acids is 1. The van der Waals surface area contributed by atoms with Crippen LogP contribution in [0.1, 0.15) is 37.0 Å². The van der Waals surface area contributed by atoms with Crippen molar-refractivity contribution in [2.24, 2.45) is 0 Å². The van der Waals surface area contributed by atoms with E-state index < -0.39 is 4.92 Å². The maximum absolute atomic E-state index is 13.0. The van der Waals surface area contributed by atoms with Gasteiger partial charge in [0.2, 0.25) is 0 Å². The van der Waals surface area contributed by atoms with Crippen LogP contribution < -0.4 is 5.32 Å². The van der Waals surface area contributed by atoms with Crippen LogP contribution >= 0.6 is 23.6 Å². The molecule has 0 unspecified atom stereocenters. The van der Waals surface area contributed by atoms with E-state index in [2.05, 4.69) is 5.32 Å². The van der Waals surface area contributed by atoms with Crippen molar-refractivity contribution < 1.29 is 9.72 Å². The Balaban J connectivity index is 1.63. The first kappa shape index (κ1) is 18.8. The number of thiocarbonyl (C=S) groups is 1. The largest absolute Gasteiger partial charge is 0.328 e. The van der Waals surface area contributed by atoms with E-state index in [1.165, 1.54) is 23.8 Å². The Kier molecular flexibility index (Phi) is 5.23. The highest BCUT2D eigenvalue weighted by Crippen LogP contribution is 2.33. The monoisotopic (exact) mass is 413 g/mol. The van der Waals surface area contributed by atoms with E-state index in [-0.39, 0.29) is 17.6 Å². The molecule has 6 nitrogen and oxygen atoms in total. The second-order valence-electron chi connectivity index (χ2n) is 6.96. The van der Waals surface area contributed by atoms with Gasteiger partial charge in [-0.15, -0.1) is 11.3 Å². The van der Waals surface area contributed by atoms with Crippen molar-refractivity contribution in [3.63, 3.8) is 0 Å². The van der Waals surface area contributed by atoms with Gasteiger partial charge >= 0.3 is 0 Å². The molecule has 1 saturated heterocycles. The summed E-state index contributed by atoms with van der Waals surface area (Å²) in [6.45, 7) is 0. The lowest BCUT2D eigenvalue weighted by Gasteiger charge is -2.29. The van der Waals surface area contributed by atoms with Crippen molar-refractivity contribution in [2.75, 3.05) is 0 Å². The van der Waals surface area contributed by atoms with Crippen LogP contribution in [0.3, 0.4) is 0 Å². The van der Waals surface area contributed by atoms with Crippen LogP contribution in [0.25, 0.3) is 17.2 Å². The normalized spacial score (nSPS) is 19.3. The molecular weight excluding hydrogens is 394 g/mol. The first-order valence-electron chi connectivity index (χ1n) is 9.23. The lowest BCUT2D eigenvalue weighted by Crippen LogP contribution is -2.41. The molecule has 0 bridgehead atoms. The topological polar surface area (TPSA) is 75.5 Å². The number of nitrogens with zero attached hydrogens (tertiary/aromatic N) is 2. The summed E-state index contributed by atoms with van der Waals surface area (Å²) >= 11 is 6.91. The van der Waals surface area contributed by atoms with E-state index >= 15 is 0 Å². The number of nitro benzene ring substituents is 1. The van der Waals surface area contributed by atoms with E-state index in [1.54, 1.807) is 23.1 Å². The smallest absolute Gasteiger partial charge is 0.276 e. The first-order valence-corrected chi connectivity index (χ1v) is 10.5. The molecule has 2 fully saturated rings. The highest BCUT2D eigenvalue weighted by Gasteiger charge is 2.36. The molecule has 0 radical (unpaired) electrons. The molecule has 4 rings (SSSR count). The molecule has 8 heteroatoms. The number of benzene rings is 1. The zero-order valence-electron chi connectivity index (χ0n) is 15.1. The lowest BCUT2D eigenvalue weighted by molar-refractivity contribution is -0.384. The van der Waals surface area contributed by atoms with Crippen molar-refractivity contribution in [1.82, 2.24) is 10.2 Å². The van der Waals surface area contributed by atoms with E-state index in [0.717, 1.165) is 41.7 Å². The quantitative estimate of drug-likeness (QED) is 0.340. The second-order valence-corrected chi connectivity index (χ2v) is 8.30. The van der Waals surface area contributed by atoms with E-state index in [4.69, 9.17) is 12.2 Å². The standard InChI is InChI=1S/C20H19N3O3S2/c24-19-17(21-20(27)22(19)14-6-2-1-3-7-14)12-18-16(9-10-28-18)13-5-4-8-15(11-13)23(25)26/h4-5,8-12,14H,1-3,6-7H2,(H,21,27). The second kappa shape index (κ2) is 7.81. The molecule has 0 atom stereocenters. The van der Waals surface area contributed by atoms with Crippen LogP contribution in [0.15, 0.2) is 41.4 Å². The third kappa shape index (κ3) is 3.57. The highest BCUT2D eigenvalue weighted by molar-refractivity contribution is 7.80. The third-order valence-electron chi connectivity index (χ3n) is 5.19.